The van der Waals surface area contributed by atoms with Gasteiger partial charge in [-0.25, -0.2) is 0 Å². The Kier molecular flexibility index (Phi) is 5.82. The molecule has 0 saturated heterocycles. The highest BCUT2D eigenvalue weighted by molar-refractivity contribution is 4.76. The summed E-state index contributed by atoms with van der Waals surface area (Å²) < 4.78 is 1.13. The molecule has 1 rings (SSSR count). The number of hydrogen-bond donors (Lipinski definition) is 0. The lowest BCUT2D eigenvalue weighted by molar-refractivity contribution is -0.923. The van der Waals surface area contributed by atoms with Crippen molar-refractivity contribution in [2.75, 3.05) is 21.1 Å². The van der Waals surface area contributed by atoms with Crippen LogP contribution in [0.5, 0.6) is 0 Å². The predicted octanol–water partition coefficient (Wildman–Crippen LogP) is 3.41. The van der Waals surface area contributed by atoms with Crippen LogP contribution in [0.2, 0.25) is 0 Å². The van der Waals surface area contributed by atoms with Crippen LogP contribution in [0, 0.1) is 0 Å². The smallest absolute Gasteiger partial charge is 0.0957 e. The minimum atomic E-state index is 0. The molecule has 0 radical (unpaired) electrons. The molecule has 1 N–H and O–H groups in total. The van der Waals surface area contributed by atoms with Crippen LogP contribution in [0.1, 0.15) is 58.3 Å². The Morgan fingerprint density at radius 2 is 1.07 bits per heavy atom. The first kappa shape index (κ1) is 14.9. The molecular formula is C13H29NO. The minimum absolute atomic E-state index is 0. The van der Waals surface area contributed by atoms with Gasteiger partial charge in [-0.2, -0.15) is 0 Å². The summed E-state index contributed by atoms with van der Waals surface area (Å²) in [6, 6.07) is 0. The second-order valence-electron chi connectivity index (χ2n) is 6.13. The van der Waals surface area contributed by atoms with Crippen molar-refractivity contribution in [2.45, 2.75) is 63.8 Å². The molecule has 15 heavy (non-hydrogen) atoms. The van der Waals surface area contributed by atoms with Crippen LogP contribution in [-0.4, -0.2) is 36.6 Å². The highest BCUT2D eigenvalue weighted by Crippen LogP contribution is 2.32. The number of hydrogen-bond acceptors (Lipinski definition) is 1. The lowest BCUT2D eigenvalue weighted by Crippen LogP contribution is -2.54. The number of nitrogens with zero attached hydrogens (tertiary/aromatic N) is 1. The summed E-state index contributed by atoms with van der Waals surface area (Å²) in [5, 5.41) is 0. The van der Waals surface area contributed by atoms with Crippen molar-refractivity contribution in [3.63, 3.8) is 0 Å². The maximum Gasteiger partial charge on any atom is 0.0957 e. The van der Waals surface area contributed by atoms with Crippen LogP contribution in [0.25, 0.3) is 0 Å². The van der Waals surface area contributed by atoms with Gasteiger partial charge in [0.1, 0.15) is 0 Å². The second kappa shape index (κ2) is 5.86. The van der Waals surface area contributed by atoms with E-state index in [1.807, 2.05) is 0 Å². The largest absolute Gasteiger partial charge is 0.870 e. The second-order valence-corrected chi connectivity index (χ2v) is 6.13. The molecule has 1 fully saturated rings. The molecule has 1 aliphatic carbocycles. The van der Waals surface area contributed by atoms with Gasteiger partial charge in [0.15, 0.2) is 0 Å². The van der Waals surface area contributed by atoms with Gasteiger partial charge in [0.2, 0.25) is 0 Å². The van der Waals surface area contributed by atoms with Gasteiger partial charge in [0.05, 0.1) is 26.7 Å². The van der Waals surface area contributed by atoms with Gasteiger partial charge in [-0.15, -0.1) is 0 Å². The topological polar surface area (TPSA) is 30.0 Å². The Bertz CT molecular complexity index is 162. The Hall–Kier alpha value is -0.0800. The molecule has 0 amide bonds. The highest BCUT2D eigenvalue weighted by atomic mass is 16.0. The molecule has 0 aromatic carbocycles. The fourth-order valence-corrected chi connectivity index (χ4v) is 2.51. The summed E-state index contributed by atoms with van der Waals surface area (Å²) in [7, 11) is 7.08. The Balaban J connectivity index is 0.00000196. The molecule has 0 bridgehead atoms. The predicted molar refractivity (Wildman–Crippen MR) is 65.3 cm³/mol. The lowest BCUT2D eigenvalue weighted by Gasteiger charge is -2.44. The fourth-order valence-electron chi connectivity index (χ4n) is 2.51. The van der Waals surface area contributed by atoms with Gasteiger partial charge < -0.3 is 9.96 Å². The van der Waals surface area contributed by atoms with E-state index in [0.29, 0.717) is 5.54 Å². The SMILES string of the molecule is CC1([N+](C)(C)C)CCCCCCCC1.[OH-]. The highest BCUT2D eigenvalue weighted by Gasteiger charge is 2.36. The van der Waals surface area contributed by atoms with E-state index in [1.165, 1.54) is 51.4 Å². The van der Waals surface area contributed by atoms with Crippen molar-refractivity contribution in [1.29, 1.82) is 0 Å². The molecular weight excluding hydrogens is 186 g/mol. The van der Waals surface area contributed by atoms with Gasteiger partial charge in [-0.1, -0.05) is 25.7 Å². The molecule has 2 nitrogen and oxygen atoms in total. The third-order valence-corrected chi connectivity index (χ3v) is 4.30. The van der Waals surface area contributed by atoms with Crippen LogP contribution in [0.4, 0.5) is 0 Å². The van der Waals surface area contributed by atoms with Gasteiger partial charge in [0.25, 0.3) is 0 Å². The van der Waals surface area contributed by atoms with E-state index in [-0.39, 0.29) is 5.48 Å². The molecule has 1 aliphatic rings. The van der Waals surface area contributed by atoms with Crippen molar-refractivity contribution in [1.82, 2.24) is 0 Å². The van der Waals surface area contributed by atoms with E-state index in [1.54, 1.807) is 0 Å². The summed E-state index contributed by atoms with van der Waals surface area (Å²) in [5.41, 5.74) is 0.518. The van der Waals surface area contributed by atoms with Crippen molar-refractivity contribution in [3.05, 3.63) is 0 Å². The maximum absolute atomic E-state index is 2.48. The first-order chi connectivity index (χ1) is 6.46. The molecule has 0 aromatic heterocycles. The summed E-state index contributed by atoms with van der Waals surface area (Å²) in [6.45, 7) is 2.48. The summed E-state index contributed by atoms with van der Waals surface area (Å²) in [4.78, 5) is 0. The Morgan fingerprint density at radius 1 is 0.733 bits per heavy atom. The molecule has 0 aliphatic heterocycles. The quantitative estimate of drug-likeness (QED) is 0.616. The number of rotatable bonds is 1. The van der Waals surface area contributed by atoms with Gasteiger partial charge in [-0.3, -0.25) is 0 Å². The Morgan fingerprint density at radius 3 is 1.40 bits per heavy atom. The first-order valence-corrected chi connectivity index (χ1v) is 6.27. The molecule has 0 unspecified atom stereocenters. The van der Waals surface area contributed by atoms with E-state index < -0.39 is 0 Å². The average molecular weight is 215 g/mol. The molecule has 0 heterocycles. The van der Waals surface area contributed by atoms with Crippen molar-refractivity contribution < 1.29 is 9.96 Å². The summed E-state index contributed by atoms with van der Waals surface area (Å²) >= 11 is 0. The maximum atomic E-state index is 2.48. The Labute approximate surface area is 95.6 Å². The van der Waals surface area contributed by atoms with Gasteiger partial charge in [0, 0.05) is 12.8 Å². The van der Waals surface area contributed by atoms with E-state index >= 15 is 0 Å². The van der Waals surface area contributed by atoms with Crippen molar-refractivity contribution in [3.8, 4) is 0 Å². The van der Waals surface area contributed by atoms with Crippen molar-refractivity contribution in [2.24, 2.45) is 0 Å². The minimum Gasteiger partial charge on any atom is -0.870 e. The molecule has 0 spiro atoms. The van der Waals surface area contributed by atoms with E-state index in [2.05, 4.69) is 28.1 Å². The molecule has 0 atom stereocenters. The zero-order chi connectivity index (χ0) is 10.7. The van der Waals surface area contributed by atoms with Gasteiger partial charge in [-0.05, 0) is 19.8 Å². The zero-order valence-electron chi connectivity index (χ0n) is 11.1. The normalized spacial score (nSPS) is 23.2. The first-order valence-electron chi connectivity index (χ1n) is 6.27. The van der Waals surface area contributed by atoms with E-state index in [4.69, 9.17) is 0 Å². The third kappa shape index (κ3) is 4.12. The molecule has 0 aromatic rings. The van der Waals surface area contributed by atoms with Crippen LogP contribution in [0.15, 0.2) is 0 Å². The third-order valence-electron chi connectivity index (χ3n) is 4.30. The lowest BCUT2D eigenvalue weighted by atomic mass is 9.87. The van der Waals surface area contributed by atoms with Crippen molar-refractivity contribution >= 4 is 0 Å². The van der Waals surface area contributed by atoms with Crippen LogP contribution in [-0.2, 0) is 0 Å². The summed E-state index contributed by atoms with van der Waals surface area (Å²) in [5.74, 6) is 0. The summed E-state index contributed by atoms with van der Waals surface area (Å²) in [6.07, 6.45) is 11.5. The standard InChI is InChI=1S/C13H28N.H2O/c1-13(14(2,3)4)11-9-7-5-6-8-10-12-13;/h5-12H2,1-4H3;1H2/q+1;/p-1. The monoisotopic (exact) mass is 215 g/mol. The average Bonchev–Trinajstić information content (AvgIpc) is 2.16. The van der Waals surface area contributed by atoms with E-state index in [0.717, 1.165) is 4.48 Å². The fraction of sp³-hybridized carbons (Fsp3) is 1.00. The van der Waals surface area contributed by atoms with E-state index in [9.17, 15) is 0 Å². The van der Waals surface area contributed by atoms with Crippen LogP contribution in [0.3, 0.4) is 0 Å². The molecule has 1 saturated carbocycles. The molecule has 92 valence electrons. The van der Waals surface area contributed by atoms with Crippen LogP contribution >= 0.6 is 0 Å². The molecule has 2 heteroatoms. The van der Waals surface area contributed by atoms with Gasteiger partial charge >= 0.3 is 0 Å². The zero-order valence-corrected chi connectivity index (χ0v) is 11.1. The van der Waals surface area contributed by atoms with Crippen LogP contribution < -0.4 is 0 Å². The number of quaternary nitrogens is 1.